The molecule has 1 aliphatic carbocycles. The minimum Gasteiger partial charge on any atom is -0.458 e. The van der Waals surface area contributed by atoms with Crippen LogP contribution in [0.25, 0.3) is 11.0 Å². The molecular weight excluding hydrogens is 248 g/mol. The molecule has 2 aromatic carbocycles. The zero-order valence-electron chi connectivity index (χ0n) is 11.4. The Kier molecular flexibility index (Phi) is 2.33. The maximum atomic E-state index is 11.0. The van der Waals surface area contributed by atoms with Gasteiger partial charge in [-0.15, -0.1) is 0 Å². The lowest BCUT2D eigenvalue weighted by molar-refractivity contribution is 0.0270. The van der Waals surface area contributed by atoms with Gasteiger partial charge in [0.1, 0.15) is 16.9 Å². The highest BCUT2D eigenvalue weighted by Crippen LogP contribution is 2.39. The van der Waals surface area contributed by atoms with E-state index in [-0.39, 0.29) is 0 Å². The highest BCUT2D eigenvalue weighted by atomic mass is 16.4. The number of aliphatic hydroxyl groups is 1. The molecule has 0 radical (unpaired) electrons. The summed E-state index contributed by atoms with van der Waals surface area (Å²) >= 11 is 0. The van der Waals surface area contributed by atoms with Gasteiger partial charge in [0.05, 0.1) is 0 Å². The molecule has 0 spiro atoms. The number of fused-ring (bicyclic) bond motifs is 2. The van der Waals surface area contributed by atoms with Crippen LogP contribution in [0.1, 0.15) is 22.5 Å². The number of furan rings is 1. The minimum absolute atomic E-state index is 0.627. The fraction of sp³-hybridized carbons (Fsp3) is 0.222. The van der Waals surface area contributed by atoms with Crippen LogP contribution in [0.15, 0.2) is 52.9 Å². The van der Waals surface area contributed by atoms with Crippen molar-refractivity contribution >= 4 is 11.0 Å². The van der Waals surface area contributed by atoms with E-state index in [0.29, 0.717) is 18.6 Å². The first-order valence-corrected chi connectivity index (χ1v) is 6.94. The van der Waals surface area contributed by atoms with Crippen molar-refractivity contribution in [2.45, 2.75) is 25.4 Å². The first kappa shape index (κ1) is 11.7. The monoisotopic (exact) mass is 264 g/mol. The third kappa shape index (κ3) is 1.69. The van der Waals surface area contributed by atoms with Gasteiger partial charge in [-0.05, 0) is 36.2 Å². The molecule has 1 heterocycles. The fourth-order valence-corrected chi connectivity index (χ4v) is 3.16. The Balaban J connectivity index is 1.80. The second kappa shape index (κ2) is 3.97. The van der Waals surface area contributed by atoms with E-state index < -0.39 is 5.60 Å². The number of benzene rings is 2. The minimum atomic E-state index is -0.906. The molecule has 2 heteroatoms. The summed E-state index contributed by atoms with van der Waals surface area (Å²) in [6, 6.07) is 16.3. The summed E-state index contributed by atoms with van der Waals surface area (Å²) in [5, 5.41) is 12.0. The Morgan fingerprint density at radius 1 is 1.00 bits per heavy atom. The molecule has 0 saturated carbocycles. The summed E-state index contributed by atoms with van der Waals surface area (Å²) in [6.45, 7) is 2.06. The van der Waals surface area contributed by atoms with Crippen molar-refractivity contribution in [2.75, 3.05) is 0 Å². The van der Waals surface area contributed by atoms with Gasteiger partial charge in [0.2, 0.25) is 0 Å². The van der Waals surface area contributed by atoms with Crippen LogP contribution >= 0.6 is 0 Å². The van der Waals surface area contributed by atoms with Crippen LogP contribution in [0.3, 0.4) is 0 Å². The first-order chi connectivity index (χ1) is 9.64. The number of hydrogen-bond acceptors (Lipinski definition) is 2. The summed E-state index contributed by atoms with van der Waals surface area (Å²) < 4.78 is 5.89. The average Bonchev–Trinajstić information content (AvgIpc) is 2.98. The first-order valence-electron chi connectivity index (χ1n) is 6.94. The zero-order chi connectivity index (χ0) is 13.7. The van der Waals surface area contributed by atoms with Gasteiger partial charge in [-0.1, -0.05) is 35.9 Å². The highest BCUT2D eigenvalue weighted by molar-refractivity contribution is 5.79. The van der Waals surface area contributed by atoms with E-state index in [1.54, 1.807) is 0 Å². The Bertz CT molecular complexity index is 773. The fourth-order valence-electron chi connectivity index (χ4n) is 3.16. The average molecular weight is 264 g/mol. The summed E-state index contributed by atoms with van der Waals surface area (Å²) in [6.07, 6.45) is 1.25. The van der Waals surface area contributed by atoms with E-state index in [2.05, 4.69) is 25.1 Å². The molecule has 0 saturated heterocycles. The molecule has 0 unspecified atom stereocenters. The van der Waals surface area contributed by atoms with Crippen LogP contribution in [0.5, 0.6) is 0 Å². The van der Waals surface area contributed by atoms with E-state index >= 15 is 0 Å². The predicted octanol–water partition coefficient (Wildman–Crippen LogP) is 3.73. The van der Waals surface area contributed by atoms with Crippen molar-refractivity contribution in [1.82, 2.24) is 0 Å². The second-order valence-electron chi connectivity index (χ2n) is 5.81. The molecular formula is C18H16O2. The molecule has 0 aliphatic heterocycles. The number of rotatable bonds is 1. The van der Waals surface area contributed by atoms with E-state index in [1.807, 2.05) is 30.3 Å². The second-order valence-corrected chi connectivity index (χ2v) is 5.81. The summed E-state index contributed by atoms with van der Waals surface area (Å²) in [5.74, 6) is 0.675. The molecule has 0 bridgehead atoms. The van der Waals surface area contributed by atoms with E-state index in [4.69, 9.17) is 4.42 Å². The van der Waals surface area contributed by atoms with Crippen molar-refractivity contribution in [1.29, 1.82) is 0 Å². The van der Waals surface area contributed by atoms with Gasteiger partial charge in [0, 0.05) is 18.2 Å². The third-order valence-corrected chi connectivity index (χ3v) is 4.21. The van der Waals surface area contributed by atoms with Gasteiger partial charge in [0.25, 0.3) is 0 Å². The van der Waals surface area contributed by atoms with Crippen LogP contribution in [-0.4, -0.2) is 5.11 Å². The van der Waals surface area contributed by atoms with Crippen LogP contribution in [0.4, 0.5) is 0 Å². The molecule has 20 heavy (non-hydrogen) atoms. The van der Waals surface area contributed by atoms with Gasteiger partial charge in [-0.3, -0.25) is 0 Å². The summed E-state index contributed by atoms with van der Waals surface area (Å²) in [7, 11) is 0. The van der Waals surface area contributed by atoms with E-state index in [1.165, 1.54) is 16.7 Å². The smallest absolute Gasteiger partial charge is 0.137 e. The van der Waals surface area contributed by atoms with Gasteiger partial charge in [-0.2, -0.15) is 0 Å². The van der Waals surface area contributed by atoms with Crippen LogP contribution in [0, 0.1) is 6.92 Å². The standard InChI is InChI=1S/C18H16O2/c1-12-6-7-16-15(8-12)9-17(20-16)18(19)10-13-4-2-3-5-14(13)11-18/h2-9,19H,10-11H2,1H3. The number of hydrogen-bond donors (Lipinski definition) is 1. The molecule has 1 aliphatic rings. The van der Waals surface area contributed by atoms with Crippen molar-refractivity contribution in [3.63, 3.8) is 0 Å². The van der Waals surface area contributed by atoms with Gasteiger partial charge >= 0.3 is 0 Å². The Morgan fingerprint density at radius 2 is 1.70 bits per heavy atom. The quantitative estimate of drug-likeness (QED) is 0.726. The maximum absolute atomic E-state index is 11.0. The lowest BCUT2D eigenvalue weighted by Crippen LogP contribution is -2.25. The molecule has 0 atom stereocenters. The topological polar surface area (TPSA) is 33.4 Å². The molecule has 100 valence electrons. The molecule has 1 aromatic heterocycles. The number of aryl methyl sites for hydroxylation is 1. The van der Waals surface area contributed by atoms with Crippen molar-refractivity contribution in [2.24, 2.45) is 0 Å². The van der Waals surface area contributed by atoms with Gasteiger partial charge in [-0.25, -0.2) is 0 Å². The lowest BCUT2D eigenvalue weighted by Gasteiger charge is -2.18. The van der Waals surface area contributed by atoms with Crippen LogP contribution in [-0.2, 0) is 18.4 Å². The van der Waals surface area contributed by atoms with Crippen LogP contribution < -0.4 is 0 Å². The molecule has 0 amide bonds. The van der Waals surface area contributed by atoms with E-state index in [0.717, 1.165) is 11.0 Å². The largest absolute Gasteiger partial charge is 0.458 e. The van der Waals surface area contributed by atoms with Gasteiger partial charge < -0.3 is 9.52 Å². The van der Waals surface area contributed by atoms with Crippen LogP contribution in [0.2, 0.25) is 0 Å². The maximum Gasteiger partial charge on any atom is 0.137 e. The summed E-state index contributed by atoms with van der Waals surface area (Å²) in [5.41, 5.74) is 3.57. The van der Waals surface area contributed by atoms with Crippen molar-refractivity contribution < 1.29 is 9.52 Å². The Labute approximate surface area is 117 Å². The zero-order valence-corrected chi connectivity index (χ0v) is 11.4. The molecule has 2 nitrogen and oxygen atoms in total. The van der Waals surface area contributed by atoms with Crippen molar-refractivity contribution in [3.8, 4) is 0 Å². The third-order valence-electron chi connectivity index (χ3n) is 4.21. The SMILES string of the molecule is Cc1ccc2oc(C3(O)Cc4ccccc4C3)cc2c1. The normalized spacial score (nSPS) is 16.5. The van der Waals surface area contributed by atoms with E-state index in [9.17, 15) is 5.11 Å². The van der Waals surface area contributed by atoms with Gasteiger partial charge in [0.15, 0.2) is 0 Å². The highest BCUT2D eigenvalue weighted by Gasteiger charge is 2.39. The molecule has 0 fully saturated rings. The molecule has 3 aromatic rings. The Morgan fingerprint density at radius 3 is 2.40 bits per heavy atom. The molecule has 4 rings (SSSR count). The predicted molar refractivity (Wildman–Crippen MR) is 78.7 cm³/mol. The lowest BCUT2D eigenvalue weighted by atomic mass is 9.97. The molecule has 1 N–H and O–H groups in total. The Hall–Kier alpha value is -2.06. The van der Waals surface area contributed by atoms with Crippen molar-refractivity contribution in [3.05, 3.63) is 71.0 Å². The summed E-state index contributed by atoms with van der Waals surface area (Å²) in [4.78, 5) is 0.